The number of carbonyl (C=O) groups is 1. The summed E-state index contributed by atoms with van der Waals surface area (Å²) in [4.78, 5) is 17.1. The quantitative estimate of drug-likeness (QED) is 0.872. The lowest BCUT2D eigenvalue weighted by molar-refractivity contribution is -0.120. The van der Waals surface area contributed by atoms with Gasteiger partial charge in [-0.15, -0.1) is 0 Å². The van der Waals surface area contributed by atoms with Gasteiger partial charge in [0.05, 0.1) is 12.2 Å². The van der Waals surface area contributed by atoms with E-state index in [1.165, 1.54) is 5.56 Å². The Balaban J connectivity index is 1.55. The van der Waals surface area contributed by atoms with Crippen LogP contribution in [0.3, 0.4) is 0 Å². The summed E-state index contributed by atoms with van der Waals surface area (Å²) in [6, 6.07) is 10.9. The molecular weight excluding hydrogens is 288 g/mol. The highest BCUT2D eigenvalue weighted by Crippen LogP contribution is 2.35. The molecule has 2 aromatic rings. The number of aryl methyl sites for hydroxylation is 1. The van der Waals surface area contributed by atoms with E-state index in [0.29, 0.717) is 18.5 Å². The number of likely N-dealkylation sites (tertiary alicyclic amines) is 1. The molecule has 1 aromatic heterocycles. The van der Waals surface area contributed by atoms with E-state index in [1.54, 1.807) is 0 Å². The average molecular weight is 310 g/mol. The van der Waals surface area contributed by atoms with Crippen LogP contribution in [0.1, 0.15) is 24.8 Å². The van der Waals surface area contributed by atoms with Crippen LogP contribution in [-0.2, 0) is 18.4 Å². The van der Waals surface area contributed by atoms with Crippen molar-refractivity contribution in [3.8, 4) is 0 Å². The van der Waals surface area contributed by atoms with Crippen LogP contribution in [0.25, 0.3) is 0 Å². The van der Waals surface area contributed by atoms with E-state index in [1.807, 2.05) is 53.2 Å². The molecule has 0 spiro atoms. The van der Waals surface area contributed by atoms with Crippen LogP contribution in [0.4, 0.5) is 5.69 Å². The third-order valence-corrected chi connectivity index (χ3v) is 5.06. The number of carbonyl (C=O) groups excluding carboxylic acids is 1. The number of rotatable bonds is 3. The van der Waals surface area contributed by atoms with Crippen LogP contribution in [0.5, 0.6) is 0 Å². The van der Waals surface area contributed by atoms with Crippen molar-refractivity contribution in [1.29, 1.82) is 0 Å². The number of benzene rings is 1. The summed E-state index contributed by atoms with van der Waals surface area (Å²) in [6.45, 7) is 1.96. The molecule has 3 heterocycles. The second-order valence-electron chi connectivity index (χ2n) is 6.55. The molecule has 1 aromatic carbocycles. The van der Waals surface area contributed by atoms with Gasteiger partial charge in [0.1, 0.15) is 0 Å². The van der Waals surface area contributed by atoms with Gasteiger partial charge in [-0.25, -0.2) is 0 Å². The molecular formula is C18H22N4O. The first-order chi connectivity index (χ1) is 11.2. The Labute approximate surface area is 136 Å². The molecule has 2 aliphatic heterocycles. The van der Waals surface area contributed by atoms with Crippen LogP contribution in [-0.4, -0.2) is 39.2 Å². The molecule has 0 bridgehead atoms. The largest absolute Gasteiger partial charge is 0.308 e. The van der Waals surface area contributed by atoms with E-state index in [-0.39, 0.29) is 5.91 Å². The number of anilines is 1. The molecule has 0 N–H and O–H groups in total. The lowest BCUT2D eigenvalue weighted by Crippen LogP contribution is -2.52. The lowest BCUT2D eigenvalue weighted by atomic mass is 9.95. The second-order valence-corrected chi connectivity index (χ2v) is 6.55. The number of fused-ring (bicyclic) bond motifs is 1. The van der Waals surface area contributed by atoms with Gasteiger partial charge in [0.2, 0.25) is 5.91 Å². The number of aromatic nitrogens is 2. The summed E-state index contributed by atoms with van der Waals surface area (Å²) in [5.41, 5.74) is 2.28. The minimum atomic E-state index is 0.265. The summed E-state index contributed by atoms with van der Waals surface area (Å²) in [6.07, 6.45) is 6.67. The van der Waals surface area contributed by atoms with Crippen LogP contribution >= 0.6 is 0 Å². The molecule has 0 aliphatic carbocycles. The second kappa shape index (κ2) is 5.81. The SMILES string of the molecule is Cn1cc(CN2CC[C@H]3[C@@H]2CCC(=O)N3c2ccccc2)cn1. The van der Waals surface area contributed by atoms with Crippen molar-refractivity contribution in [2.24, 2.45) is 7.05 Å². The zero-order valence-electron chi connectivity index (χ0n) is 13.4. The van der Waals surface area contributed by atoms with Gasteiger partial charge in [-0.1, -0.05) is 18.2 Å². The third-order valence-electron chi connectivity index (χ3n) is 5.06. The number of hydrogen-bond donors (Lipinski definition) is 0. The Hall–Kier alpha value is -2.14. The first-order valence-corrected chi connectivity index (χ1v) is 8.31. The highest BCUT2D eigenvalue weighted by molar-refractivity contribution is 5.95. The first-order valence-electron chi connectivity index (χ1n) is 8.31. The van der Waals surface area contributed by atoms with Crippen LogP contribution < -0.4 is 4.90 Å². The van der Waals surface area contributed by atoms with Gasteiger partial charge in [0.15, 0.2) is 0 Å². The monoisotopic (exact) mass is 310 g/mol. The zero-order chi connectivity index (χ0) is 15.8. The maximum atomic E-state index is 12.5. The molecule has 4 rings (SSSR count). The van der Waals surface area contributed by atoms with E-state index >= 15 is 0 Å². The summed E-state index contributed by atoms with van der Waals surface area (Å²) in [5, 5.41) is 4.26. The minimum Gasteiger partial charge on any atom is -0.308 e. The Kier molecular flexibility index (Phi) is 3.65. The Morgan fingerprint density at radius 2 is 2.00 bits per heavy atom. The van der Waals surface area contributed by atoms with Crippen molar-refractivity contribution < 1.29 is 4.79 Å². The molecule has 1 amide bonds. The van der Waals surface area contributed by atoms with Gasteiger partial charge in [0.25, 0.3) is 0 Å². The van der Waals surface area contributed by atoms with Crippen molar-refractivity contribution in [3.05, 3.63) is 48.3 Å². The number of piperidine rings is 1. The number of para-hydroxylation sites is 1. The highest BCUT2D eigenvalue weighted by atomic mass is 16.2. The molecule has 0 radical (unpaired) electrons. The molecule has 0 unspecified atom stereocenters. The van der Waals surface area contributed by atoms with Gasteiger partial charge in [-0.05, 0) is 25.0 Å². The molecule has 2 fully saturated rings. The molecule has 2 atom stereocenters. The predicted octanol–water partition coefficient (Wildman–Crippen LogP) is 2.19. The van der Waals surface area contributed by atoms with Gasteiger partial charge >= 0.3 is 0 Å². The van der Waals surface area contributed by atoms with E-state index in [4.69, 9.17) is 0 Å². The predicted molar refractivity (Wildman–Crippen MR) is 89.0 cm³/mol. The Bertz CT molecular complexity index is 696. The Morgan fingerprint density at radius 3 is 2.74 bits per heavy atom. The van der Waals surface area contributed by atoms with Crippen LogP contribution in [0, 0.1) is 0 Å². The summed E-state index contributed by atoms with van der Waals surface area (Å²) in [5.74, 6) is 0.265. The third kappa shape index (κ3) is 2.65. The molecule has 5 nitrogen and oxygen atoms in total. The van der Waals surface area contributed by atoms with E-state index < -0.39 is 0 Å². The topological polar surface area (TPSA) is 41.4 Å². The van der Waals surface area contributed by atoms with Crippen molar-refractivity contribution >= 4 is 11.6 Å². The average Bonchev–Trinajstić information content (AvgIpc) is 3.15. The molecule has 0 saturated carbocycles. The zero-order valence-corrected chi connectivity index (χ0v) is 13.4. The normalized spacial score (nSPS) is 24.9. The summed E-state index contributed by atoms with van der Waals surface area (Å²) in [7, 11) is 1.95. The molecule has 23 heavy (non-hydrogen) atoms. The maximum absolute atomic E-state index is 12.5. The van der Waals surface area contributed by atoms with E-state index in [0.717, 1.165) is 31.6 Å². The molecule has 120 valence electrons. The lowest BCUT2D eigenvalue weighted by Gasteiger charge is -2.39. The smallest absolute Gasteiger partial charge is 0.227 e. The van der Waals surface area contributed by atoms with E-state index in [9.17, 15) is 4.79 Å². The molecule has 5 heteroatoms. The van der Waals surface area contributed by atoms with Gasteiger partial charge in [-0.2, -0.15) is 5.10 Å². The maximum Gasteiger partial charge on any atom is 0.227 e. The number of nitrogens with zero attached hydrogens (tertiary/aromatic N) is 4. The van der Waals surface area contributed by atoms with E-state index in [2.05, 4.69) is 16.2 Å². The van der Waals surface area contributed by atoms with Gasteiger partial charge in [0, 0.05) is 50.0 Å². The van der Waals surface area contributed by atoms with Gasteiger partial charge < -0.3 is 4.90 Å². The fourth-order valence-electron chi connectivity index (χ4n) is 4.06. The van der Waals surface area contributed by atoms with Crippen molar-refractivity contribution in [2.75, 3.05) is 11.4 Å². The summed E-state index contributed by atoms with van der Waals surface area (Å²) < 4.78 is 1.85. The standard InChI is InChI=1S/C18H22N4O/c1-20-12-14(11-19-20)13-21-10-9-17-16(21)7-8-18(23)22(17)15-5-3-2-4-6-15/h2-6,11-12,16-17H,7-10,13H2,1H3/t16-,17-/m0/s1. The summed E-state index contributed by atoms with van der Waals surface area (Å²) >= 11 is 0. The van der Waals surface area contributed by atoms with Crippen molar-refractivity contribution in [3.63, 3.8) is 0 Å². The number of hydrogen-bond acceptors (Lipinski definition) is 3. The van der Waals surface area contributed by atoms with Crippen LogP contribution in [0.2, 0.25) is 0 Å². The van der Waals surface area contributed by atoms with Gasteiger partial charge in [-0.3, -0.25) is 14.4 Å². The number of amides is 1. The van der Waals surface area contributed by atoms with Crippen molar-refractivity contribution in [1.82, 2.24) is 14.7 Å². The highest BCUT2D eigenvalue weighted by Gasteiger charge is 2.43. The minimum absolute atomic E-state index is 0.265. The fourth-order valence-corrected chi connectivity index (χ4v) is 4.06. The van der Waals surface area contributed by atoms with Crippen molar-refractivity contribution in [2.45, 2.75) is 37.9 Å². The van der Waals surface area contributed by atoms with Crippen LogP contribution in [0.15, 0.2) is 42.7 Å². The molecule has 2 aliphatic rings. The Morgan fingerprint density at radius 1 is 1.17 bits per heavy atom. The first kappa shape index (κ1) is 14.5. The fraction of sp³-hybridized carbons (Fsp3) is 0.444. The molecule has 2 saturated heterocycles.